The number of rotatable bonds is 73. The Morgan fingerprint density at radius 2 is 0.835 bits per heavy atom. The van der Waals surface area contributed by atoms with Gasteiger partial charge in [-0.3, -0.25) is 42.7 Å². The highest BCUT2D eigenvalue weighted by molar-refractivity contribution is 7.47. The van der Waals surface area contributed by atoms with Crippen LogP contribution in [0.5, 0.6) is 0 Å². The standard InChI is InChI=1S/C63H119N4O23P/c1-3-5-6-7-8-9-10-11-12-13-16-20-56(69)53-58(64)62(72)61(65)57-54-60(71)67(63(57)73)25-22-55(68)21-19-26-76-29-31-78-33-35-80-37-39-82-41-43-84-45-47-86-49-51-88-52-50-87-48-46-85-44-42-83-40-38-81-36-34-79-32-30-77-28-23-59(70)66-24-17-14-15-18-27-90-91(74,75)89-4-2/h57-58,61H,3-54,64-65H2,1-2H3,(H,66,70)(H,74,75)/t57?,58-,61?/m0/s1. The lowest BCUT2D eigenvalue weighted by atomic mass is 9.90. The van der Waals surface area contributed by atoms with Crippen LogP contribution in [0.3, 0.4) is 0 Å². The van der Waals surface area contributed by atoms with Crippen molar-refractivity contribution in [2.45, 2.75) is 167 Å². The molecule has 27 nitrogen and oxygen atoms in total. The highest BCUT2D eigenvalue weighted by Crippen LogP contribution is 2.43. The van der Waals surface area contributed by atoms with E-state index in [0.29, 0.717) is 198 Å². The van der Waals surface area contributed by atoms with Crippen LogP contribution in [0.25, 0.3) is 0 Å². The topological polar surface area (TPSA) is 345 Å². The summed E-state index contributed by atoms with van der Waals surface area (Å²) in [4.78, 5) is 86.1. The molecule has 1 aliphatic rings. The van der Waals surface area contributed by atoms with E-state index < -0.39 is 43.4 Å². The molecule has 0 bridgehead atoms. The van der Waals surface area contributed by atoms with Crippen molar-refractivity contribution in [3.8, 4) is 0 Å². The monoisotopic (exact) mass is 1330 g/mol. The molecule has 0 aliphatic carbocycles. The summed E-state index contributed by atoms with van der Waals surface area (Å²) in [6.45, 7) is 15.5. The Morgan fingerprint density at radius 1 is 0.462 bits per heavy atom. The molecule has 3 unspecified atom stereocenters. The van der Waals surface area contributed by atoms with Gasteiger partial charge >= 0.3 is 7.82 Å². The first kappa shape index (κ1) is 86.1. The maximum absolute atomic E-state index is 13.1. The molecule has 0 radical (unpaired) electrons. The summed E-state index contributed by atoms with van der Waals surface area (Å²) >= 11 is 0. The molecule has 91 heavy (non-hydrogen) atoms. The van der Waals surface area contributed by atoms with Gasteiger partial charge in [-0.25, -0.2) is 4.57 Å². The maximum atomic E-state index is 13.1. The molecule has 1 rings (SSSR count). The van der Waals surface area contributed by atoms with Crippen molar-refractivity contribution in [3.05, 3.63) is 0 Å². The number of imide groups is 1. The third kappa shape index (κ3) is 54.0. The zero-order valence-corrected chi connectivity index (χ0v) is 56.4. The number of ether oxygens (including phenoxy) is 13. The molecular formula is C63H119N4O23P. The van der Waals surface area contributed by atoms with Crippen LogP contribution in [0, 0.1) is 5.92 Å². The van der Waals surface area contributed by atoms with Crippen LogP contribution < -0.4 is 16.8 Å². The summed E-state index contributed by atoms with van der Waals surface area (Å²) < 4.78 is 92.6. The van der Waals surface area contributed by atoms with Gasteiger partial charge in [0, 0.05) is 58.2 Å². The number of ketones is 3. The van der Waals surface area contributed by atoms with Crippen LogP contribution in [0.4, 0.5) is 0 Å². The number of nitrogens with zero attached hydrogens (tertiary/aromatic N) is 1. The Morgan fingerprint density at radius 3 is 1.26 bits per heavy atom. The van der Waals surface area contributed by atoms with E-state index in [-0.39, 0.29) is 69.3 Å². The van der Waals surface area contributed by atoms with Crippen molar-refractivity contribution in [2.75, 3.05) is 198 Å². The molecule has 0 saturated carbocycles. The largest absolute Gasteiger partial charge is 0.472 e. The number of likely N-dealkylation sites (tertiary alicyclic amines) is 1. The molecule has 1 fully saturated rings. The molecule has 28 heteroatoms. The van der Waals surface area contributed by atoms with Crippen molar-refractivity contribution in [2.24, 2.45) is 17.4 Å². The number of phosphoric acid groups is 1. The Bertz CT molecular complexity index is 1830. The number of Topliss-reactive ketones (excluding diaryl/α,β-unsaturated/α-hetero) is 3. The average Bonchev–Trinajstić information content (AvgIpc) is 1.98. The molecular weight excluding hydrogens is 1210 g/mol. The predicted octanol–water partition coefficient (Wildman–Crippen LogP) is 5.42. The normalized spacial score (nSPS) is 14.8. The number of nitrogens with one attached hydrogen (secondary N) is 1. The third-order valence-corrected chi connectivity index (χ3v) is 15.2. The van der Waals surface area contributed by atoms with E-state index in [1.807, 2.05) is 0 Å². The van der Waals surface area contributed by atoms with Crippen LogP contribution in [0.2, 0.25) is 0 Å². The van der Waals surface area contributed by atoms with Crippen molar-refractivity contribution in [1.29, 1.82) is 0 Å². The SMILES string of the molecule is CCCCCCCCCCCCCC(=O)C[C@H](N)C(=O)C(N)C1CC(=O)N(CCC(=O)CCCOCCOCCOCCOCCOCCOCCOCCOCCOCCOCCOCCOCCOCCC(=O)NCCCCCCOP(=O)(O)OCC)C1=O. The number of carbonyl (C=O) groups is 6. The lowest BCUT2D eigenvalue weighted by molar-refractivity contribution is -0.141. The highest BCUT2D eigenvalue weighted by Gasteiger charge is 2.44. The number of nitrogens with two attached hydrogens (primary N) is 2. The van der Waals surface area contributed by atoms with Gasteiger partial charge in [0.1, 0.15) is 11.6 Å². The molecule has 1 saturated heterocycles. The molecule has 0 aromatic heterocycles. The fraction of sp³-hybridized carbons (Fsp3) is 0.905. The molecule has 4 atom stereocenters. The zero-order chi connectivity index (χ0) is 66.4. The van der Waals surface area contributed by atoms with Crippen molar-refractivity contribution in [1.82, 2.24) is 10.2 Å². The average molecular weight is 1330 g/mol. The zero-order valence-electron chi connectivity index (χ0n) is 55.5. The Kier molecular flexibility index (Phi) is 59.8. The molecule has 1 aliphatic heterocycles. The Balaban J connectivity index is 1.79. The van der Waals surface area contributed by atoms with Crippen molar-refractivity contribution in [3.63, 3.8) is 0 Å². The fourth-order valence-corrected chi connectivity index (χ4v) is 9.78. The molecule has 3 amide bonds. The molecule has 534 valence electrons. The Labute approximate surface area is 542 Å². The van der Waals surface area contributed by atoms with Gasteiger partial charge < -0.3 is 83.3 Å². The number of hydrogen-bond acceptors (Lipinski definition) is 24. The summed E-state index contributed by atoms with van der Waals surface area (Å²) in [5, 5.41) is 2.85. The minimum absolute atomic E-state index is 0.0103. The van der Waals surface area contributed by atoms with E-state index in [1.54, 1.807) is 6.92 Å². The van der Waals surface area contributed by atoms with Gasteiger partial charge in [0.25, 0.3) is 0 Å². The summed E-state index contributed by atoms with van der Waals surface area (Å²) in [5.41, 5.74) is 12.2. The smallest absolute Gasteiger partial charge is 0.379 e. The van der Waals surface area contributed by atoms with E-state index in [2.05, 4.69) is 16.8 Å². The Hall–Kier alpha value is -2.87. The summed E-state index contributed by atoms with van der Waals surface area (Å²) in [5.74, 6) is -3.06. The summed E-state index contributed by atoms with van der Waals surface area (Å²) in [6.07, 6.45) is 16.9. The van der Waals surface area contributed by atoms with Gasteiger partial charge in [-0.1, -0.05) is 84.0 Å². The molecule has 0 spiro atoms. The summed E-state index contributed by atoms with van der Waals surface area (Å²) in [6, 6.07) is -2.44. The van der Waals surface area contributed by atoms with Crippen LogP contribution in [-0.4, -0.2) is 255 Å². The van der Waals surface area contributed by atoms with E-state index >= 15 is 0 Å². The quantitative estimate of drug-likeness (QED) is 0.0335. The number of unbranched alkanes of at least 4 members (excludes halogenated alkanes) is 13. The van der Waals surface area contributed by atoms with Crippen molar-refractivity contribution < 1.29 is 109 Å². The third-order valence-electron chi connectivity index (χ3n) is 14.1. The lowest BCUT2D eigenvalue weighted by Crippen LogP contribution is -2.50. The van der Waals surface area contributed by atoms with E-state index in [4.69, 9.17) is 77.6 Å². The lowest BCUT2D eigenvalue weighted by Gasteiger charge is -2.20. The van der Waals surface area contributed by atoms with Gasteiger partial charge in [0.2, 0.25) is 17.7 Å². The summed E-state index contributed by atoms with van der Waals surface area (Å²) in [7, 11) is -3.93. The molecule has 0 aromatic carbocycles. The second-order valence-electron chi connectivity index (χ2n) is 21.8. The van der Waals surface area contributed by atoms with Crippen LogP contribution >= 0.6 is 7.82 Å². The second kappa shape index (κ2) is 63.2. The minimum Gasteiger partial charge on any atom is -0.379 e. The number of amides is 3. The van der Waals surface area contributed by atoms with E-state index in [9.17, 15) is 38.2 Å². The number of hydrogen-bond donors (Lipinski definition) is 4. The molecule has 0 aromatic rings. The van der Waals surface area contributed by atoms with E-state index in [1.165, 1.54) is 44.9 Å². The van der Waals surface area contributed by atoms with Crippen LogP contribution in [0.1, 0.15) is 155 Å². The molecule has 1 heterocycles. The number of carbonyl (C=O) groups excluding carboxylic acids is 6. The first-order chi connectivity index (χ1) is 44.3. The maximum Gasteiger partial charge on any atom is 0.472 e. The molecule has 6 N–H and O–H groups in total. The van der Waals surface area contributed by atoms with Crippen LogP contribution in [0.15, 0.2) is 0 Å². The number of phosphoric ester groups is 1. The van der Waals surface area contributed by atoms with Gasteiger partial charge in [0.15, 0.2) is 5.78 Å². The first-order valence-corrected chi connectivity index (χ1v) is 35.1. The fourth-order valence-electron chi connectivity index (χ4n) is 9.02. The second-order valence-corrected chi connectivity index (χ2v) is 23.3. The van der Waals surface area contributed by atoms with Gasteiger partial charge in [-0.2, -0.15) is 0 Å². The van der Waals surface area contributed by atoms with E-state index in [0.717, 1.165) is 49.8 Å². The van der Waals surface area contributed by atoms with Crippen LogP contribution in [-0.2, 0) is 104 Å². The van der Waals surface area contributed by atoms with Gasteiger partial charge in [0.05, 0.1) is 196 Å². The minimum atomic E-state index is -3.93. The first-order valence-electron chi connectivity index (χ1n) is 33.6. The van der Waals surface area contributed by atoms with Crippen molar-refractivity contribution >= 4 is 42.9 Å². The highest BCUT2D eigenvalue weighted by atomic mass is 31.2. The van der Waals surface area contributed by atoms with Gasteiger partial charge in [-0.15, -0.1) is 0 Å². The van der Waals surface area contributed by atoms with Gasteiger partial charge in [-0.05, 0) is 32.6 Å². The predicted molar refractivity (Wildman–Crippen MR) is 339 cm³/mol.